The van der Waals surface area contributed by atoms with Crippen molar-refractivity contribution in [3.8, 4) is 0 Å². The molecule has 2 aromatic carbocycles. The number of esters is 1. The van der Waals surface area contributed by atoms with Crippen LogP contribution >= 0.6 is 11.6 Å². The van der Waals surface area contributed by atoms with Crippen LogP contribution in [0.15, 0.2) is 54.6 Å². The van der Waals surface area contributed by atoms with E-state index in [1.807, 2.05) is 24.3 Å². The first-order valence-electron chi connectivity index (χ1n) is 8.33. The van der Waals surface area contributed by atoms with Crippen molar-refractivity contribution in [2.24, 2.45) is 0 Å². The predicted octanol–water partition coefficient (Wildman–Crippen LogP) is 3.73. The maximum absolute atomic E-state index is 13.2. The summed E-state index contributed by atoms with van der Waals surface area (Å²) in [4.78, 5) is 25.5. The first-order valence-corrected chi connectivity index (χ1v) is 8.70. The molecular formula is C20H20ClNO3. The molecule has 130 valence electrons. The van der Waals surface area contributed by atoms with Crippen LogP contribution in [0.1, 0.15) is 35.2 Å². The molecule has 0 unspecified atom stereocenters. The zero-order chi connectivity index (χ0) is 17.9. The van der Waals surface area contributed by atoms with Gasteiger partial charge in [0, 0.05) is 5.02 Å². The van der Waals surface area contributed by atoms with Crippen molar-refractivity contribution in [3.63, 3.8) is 0 Å². The van der Waals surface area contributed by atoms with Crippen molar-refractivity contribution in [2.75, 3.05) is 7.05 Å². The summed E-state index contributed by atoms with van der Waals surface area (Å²) < 4.78 is 5.54. The average Bonchev–Trinajstić information content (AvgIpc) is 2.65. The second-order valence-corrected chi connectivity index (χ2v) is 6.56. The Morgan fingerprint density at radius 2 is 1.84 bits per heavy atom. The molecule has 25 heavy (non-hydrogen) atoms. The molecule has 0 radical (unpaired) electrons. The number of carbonyl (C=O) groups excluding carboxylic acids is 2. The number of rotatable bonds is 4. The normalized spacial score (nSPS) is 23.3. The minimum Gasteiger partial charge on any atom is -0.451 e. The highest BCUT2D eigenvalue weighted by molar-refractivity contribution is 6.31. The van der Waals surface area contributed by atoms with Crippen LogP contribution < -0.4 is 5.32 Å². The molecule has 1 fully saturated rings. The molecule has 0 amide bonds. The van der Waals surface area contributed by atoms with E-state index >= 15 is 0 Å². The largest absolute Gasteiger partial charge is 0.451 e. The summed E-state index contributed by atoms with van der Waals surface area (Å²) in [5, 5.41) is 3.67. The van der Waals surface area contributed by atoms with E-state index in [-0.39, 0.29) is 5.78 Å². The lowest BCUT2D eigenvalue weighted by atomic mass is 9.74. The lowest BCUT2D eigenvalue weighted by Gasteiger charge is -2.39. The summed E-state index contributed by atoms with van der Waals surface area (Å²) in [6.45, 7) is 0. The van der Waals surface area contributed by atoms with Gasteiger partial charge in [-0.3, -0.25) is 4.79 Å². The van der Waals surface area contributed by atoms with Gasteiger partial charge in [0.05, 0.1) is 5.56 Å². The average molecular weight is 358 g/mol. The molecule has 1 aliphatic carbocycles. The molecule has 0 bridgehead atoms. The van der Waals surface area contributed by atoms with E-state index in [9.17, 15) is 9.59 Å². The van der Waals surface area contributed by atoms with E-state index in [0.717, 1.165) is 12.0 Å². The summed E-state index contributed by atoms with van der Waals surface area (Å²) in [7, 11) is 1.74. The molecule has 4 nitrogen and oxygen atoms in total. The number of hydrogen-bond acceptors (Lipinski definition) is 4. The van der Waals surface area contributed by atoms with E-state index in [4.69, 9.17) is 16.3 Å². The van der Waals surface area contributed by atoms with Gasteiger partial charge in [-0.05, 0) is 50.1 Å². The molecule has 2 atom stereocenters. The standard InChI is InChI=1S/C20H20ClNO3/c1-22-20(15-10-5-6-11-16(15)21)13-7-12-17(18(20)23)25-19(24)14-8-3-2-4-9-14/h2-6,8-11,17,22H,7,12-13H2,1H3/t17-,20-/m1/s1. The smallest absolute Gasteiger partial charge is 0.338 e. The SMILES string of the molecule is CN[C@@]1(c2ccccc2Cl)CCC[C@@H](OC(=O)c2ccccc2)C1=O. The fourth-order valence-electron chi connectivity index (χ4n) is 3.42. The summed E-state index contributed by atoms with van der Waals surface area (Å²) in [6, 6.07) is 16.0. The van der Waals surface area contributed by atoms with Crippen LogP contribution in [0.3, 0.4) is 0 Å². The third kappa shape index (κ3) is 3.32. The second-order valence-electron chi connectivity index (χ2n) is 6.15. The molecule has 3 rings (SSSR count). The van der Waals surface area contributed by atoms with Gasteiger partial charge in [0.2, 0.25) is 0 Å². The number of benzene rings is 2. The third-order valence-electron chi connectivity index (χ3n) is 4.75. The van der Waals surface area contributed by atoms with Gasteiger partial charge in [-0.25, -0.2) is 4.79 Å². The minimum absolute atomic E-state index is 0.154. The summed E-state index contributed by atoms with van der Waals surface area (Å²) in [6.07, 6.45) is 1.10. The van der Waals surface area contributed by atoms with E-state index in [1.165, 1.54) is 0 Å². The van der Waals surface area contributed by atoms with Gasteiger partial charge in [-0.1, -0.05) is 48.0 Å². The maximum Gasteiger partial charge on any atom is 0.338 e. The zero-order valence-corrected chi connectivity index (χ0v) is 14.8. The molecule has 0 aliphatic heterocycles. The topological polar surface area (TPSA) is 55.4 Å². The van der Waals surface area contributed by atoms with Crippen molar-refractivity contribution >= 4 is 23.4 Å². The first-order chi connectivity index (χ1) is 12.1. The Kier molecular flexibility index (Phi) is 5.21. The number of likely N-dealkylation sites (N-methyl/N-ethyl adjacent to an activating group) is 1. The van der Waals surface area contributed by atoms with Crippen LogP contribution in [0.2, 0.25) is 5.02 Å². The van der Waals surface area contributed by atoms with E-state index < -0.39 is 17.6 Å². The second kappa shape index (κ2) is 7.38. The molecule has 0 saturated heterocycles. The van der Waals surface area contributed by atoms with Gasteiger partial charge in [-0.2, -0.15) is 0 Å². The van der Waals surface area contributed by atoms with Crippen LogP contribution in [0.4, 0.5) is 0 Å². The van der Waals surface area contributed by atoms with Crippen LogP contribution in [0.5, 0.6) is 0 Å². The Morgan fingerprint density at radius 3 is 2.52 bits per heavy atom. The highest BCUT2D eigenvalue weighted by Crippen LogP contribution is 2.38. The Balaban J connectivity index is 1.87. The van der Waals surface area contributed by atoms with Gasteiger partial charge in [-0.15, -0.1) is 0 Å². The van der Waals surface area contributed by atoms with Crippen LogP contribution in [0, 0.1) is 0 Å². The highest BCUT2D eigenvalue weighted by Gasteiger charge is 2.47. The quantitative estimate of drug-likeness (QED) is 0.847. The van der Waals surface area contributed by atoms with Gasteiger partial charge < -0.3 is 10.1 Å². The highest BCUT2D eigenvalue weighted by atomic mass is 35.5. The molecule has 1 saturated carbocycles. The number of Topliss-reactive ketones (excluding diaryl/α,β-unsaturated/α-hetero) is 1. The van der Waals surface area contributed by atoms with Crippen molar-refractivity contribution in [2.45, 2.75) is 30.9 Å². The third-order valence-corrected chi connectivity index (χ3v) is 5.08. The van der Waals surface area contributed by atoms with Gasteiger partial charge in [0.15, 0.2) is 11.9 Å². The van der Waals surface area contributed by atoms with Crippen LogP contribution in [-0.4, -0.2) is 24.9 Å². The summed E-state index contributed by atoms with van der Waals surface area (Å²) in [5.41, 5.74) is 0.233. The molecule has 0 spiro atoms. The van der Waals surface area contributed by atoms with Gasteiger partial charge in [0.1, 0.15) is 5.54 Å². The summed E-state index contributed by atoms with van der Waals surface area (Å²) in [5.74, 6) is -0.636. The van der Waals surface area contributed by atoms with Gasteiger partial charge >= 0.3 is 5.97 Å². The van der Waals surface area contributed by atoms with Crippen molar-refractivity contribution in [3.05, 3.63) is 70.7 Å². The van der Waals surface area contributed by atoms with E-state index in [1.54, 1.807) is 37.4 Å². The van der Waals surface area contributed by atoms with E-state index in [2.05, 4.69) is 5.32 Å². The monoisotopic (exact) mass is 357 g/mol. The Labute approximate surface area is 152 Å². The van der Waals surface area contributed by atoms with Crippen LogP contribution in [-0.2, 0) is 15.1 Å². The number of ketones is 1. The van der Waals surface area contributed by atoms with Crippen molar-refractivity contribution in [1.82, 2.24) is 5.32 Å². The molecule has 0 heterocycles. The fraction of sp³-hybridized carbons (Fsp3) is 0.300. The molecule has 2 aromatic rings. The minimum atomic E-state index is -0.932. The Bertz CT molecular complexity index is 778. The molecule has 1 N–H and O–H groups in total. The Morgan fingerprint density at radius 1 is 1.16 bits per heavy atom. The van der Waals surface area contributed by atoms with Crippen molar-refractivity contribution < 1.29 is 14.3 Å². The number of hydrogen-bond donors (Lipinski definition) is 1. The van der Waals surface area contributed by atoms with E-state index in [0.29, 0.717) is 23.4 Å². The number of ether oxygens (including phenoxy) is 1. The number of halogens is 1. The van der Waals surface area contributed by atoms with Gasteiger partial charge in [0.25, 0.3) is 0 Å². The fourth-order valence-corrected chi connectivity index (χ4v) is 3.72. The number of nitrogens with one attached hydrogen (secondary N) is 1. The summed E-state index contributed by atoms with van der Waals surface area (Å²) >= 11 is 6.34. The van der Waals surface area contributed by atoms with Crippen molar-refractivity contribution in [1.29, 1.82) is 0 Å². The molecular weight excluding hydrogens is 338 g/mol. The Hall–Kier alpha value is -2.17. The lowest BCUT2D eigenvalue weighted by Crippen LogP contribution is -2.55. The van der Waals surface area contributed by atoms with Crippen LogP contribution in [0.25, 0.3) is 0 Å². The zero-order valence-electron chi connectivity index (χ0n) is 14.0. The number of carbonyl (C=O) groups is 2. The molecule has 0 aromatic heterocycles. The molecule has 5 heteroatoms. The lowest BCUT2D eigenvalue weighted by molar-refractivity contribution is -0.138. The molecule has 1 aliphatic rings. The maximum atomic E-state index is 13.2. The first kappa shape index (κ1) is 17.6. The predicted molar refractivity (Wildman–Crippen MR) is 96.7 cm³/mol.